The van der Waals surface area contributed by atoms with Crippen LogP contribution in [0.5, 0.6) is 0 Å². The van der Waals surface area contributed by atoms with Crippen molar-refractivity contribution in [2.75, 3.05) is 0 Å². The molecule has 2 aliphatic rings. The number of rotatable bonds is 3. The third-order valence-electron chi connectivity index (χ3n) is 4.07. The van der Waals surface area contributed by atoms with Gasteiger partial charge >= 0.3 is 5.97 Å². The lowest BCUT2D eigenvalue weighted by molar-refractivity contribution is -0.161. The highest BCUT2D eigenvalue weighted by atomic mass is 16.5. The average Bonchev–Trinajstić information content (AvgIpc) is 2.77. The van der Waals surface area contributed by atoms with Crippen molar-refractivity contribution in [3.63, 3.8) is 0 Å². The summed E-state index contributed by atoms with van der Waals surface area (Å²) >= 11 is 0. The third-order valence-corrected chi connectivity index (χ3v) is 4.07. The van der Waals surface area contributed by atoms with E-state index in [-0.39, 0.29) is 17.5 Å². The largest absolute Gasteiger partial charge is 0.463 e. The maximum absolute atomic E-state index is 12.1. The minimum atomic E-state index is -0.339. The molecule has 0 heterocycles. The van der Waals surface area contributed by atoms with Gasteiger partial charge in [0.15, 0.2) is 0 Å². The number of esters is 1. The van der Waals surface area contributed by atoms with E-state index in [0.717, 1.165) is 6.42 Å². The Kier molecular flexibility index (Phi) is 2.85. The van der Waals surface area contributed by atoms with Crippen molar-refractivity contribution in [1.29, 1.82) is 0 Å². The lowest BCUT2D eigenvalue weighted by Gasteiger charge is -2.34. The summed E-state index contributed by atoms with van der Waals surface area (Å²) in [6, 6.07) is 0. The molecule has 0 aromatic rings. The van der Waals surface area contributed by atoms with E-state index in [9.17, 15) is 4.79 Å². The van der Waals surface area contributed by atoms with E-state index < -0.39 is 0 Å². The lowest BCUT2D eigenvalue weighted by Crippen LogP contribution is -2.37. The van der Waals surface area contributed by atoms with E-state index in [1.54, 1.807) is 0 Å². The molecule has 2 aliphatic carbocycles. The van der Waals surface area contributed by atoms with Crippen LogP contribution in [0.15, 0.2) is 12.2 Å². The Morgan fingerprint density at radius 3 is 2.44 bits per heavy atom. The van der Waals surface area contributed by atoms with Gasteiger partial charge in [-0.2, -0.15) is 0 Å². The third kappa shape index (κ3) is 1.90. The van der Waals surface area contributed by atoms with Crippen LogP contribution in [-0.2, 0) is 9.53 Å². The highest BCUT2D eigenvalue weighted by molar-refractivity contribution is 5.76. The van der Waals surface area contributed by atoms with Crippen LogP contribution < -0.4 is 0 Å². The molecule has 1 saturated carbocycles. The van der Waals surface area contributed by atoms with Crippen LogP contribution in [0.25, 0.3) is 0 Å². The van der Waals surface area contributed by atoms with E-state index in [4.69, 9.17) is 4.74 Å². The van der Waals surface area contributed by atoms with Gasteiger partial charge in [0.1, 0.15) is 0 Å². The molecule has 0 aliphatic heterocycles. The molecule has 0 aromatic carbocycles. The molecule has 0 aromatic heterocycles. The predicted octanol–water partition coefficient (Wildman–Crippen LogP) is 3.18. The van der Waals surface area contributed by atoms with Gasteiger partial charge in [-0.3, -0.25) is 4.79 Å². The molecule has 3 unspecified atom stereocenters. The van der Waals surface area contributed by atoms with Crippen molar-refractivity contribution in [1.82, 2.24) is 0 Å². The van der Waals surface area contributed by atoms with Crippen molar-refractivity contribution in [2.45, 2.75) is 46.6 Å². The maximum atomic E-state index is 12.1. The smallest absolute Gasteiger partial charge is 0.312 e. The molecule has 16 heavy (non-hydrogen) atoms. The summed E-state index contributed by atoms with van der Waals surface area (Å²) in [7, 11) is 0. The van der Waals surface area contributed by atoms with E-state index in [2.05, 4.69) is 12.2 Å². The number of allylic oxidation sites excluding steroid dienone is 2. The summed E-state index contributed by atoms with van der Waals surface area (Å²) in [5, 5.41) is 0. The Hall–Kier alpha value is -0.790. The van der Waals surface area contributed by atoms with Gasteiger partial charge in [0.2, 0.25) is 0 Å². The molecule has 3 atom stereocenters. The van der Waals surface area contributed by atoms with Gasteiger partial charge in [-0.15, -0.1) is 0 Å². The number of hydrogen-bond donors (Lipinski definition) is 0. The average molecular weight is 222 g/mol. The lowest BCUT2D eigenvalue weighted by atomic mass is 9.72. The van der Waals surface area contributed by atoms with Crippen LogP contribution in [0.1, 0.15) is 40.5 Å². The van der Waals surface area contributed by atoms with Crippen LogP contribution in [0.4, 0.5) is 0 Å². The summed E-state index contributed by atoms with van der Waals surface area (Å²) in [5.41, 5.74) is -0.339. The van der Waals surface area contributed by atoms with Crippen LogP contribution in [-0.4, -0.2) is 12.1 Å². The van der Waals surface area contributed by atoms with Gasteiger partial charge in [0.25, 0.3) is 0 Å². The zero-order valence-electron chi connectivity index (χ0n) is 10.7. The monoisotopic (exact) mass is 222 g/mol. The Labute approximate surface area is 98.1 Å². The molecule has 0 spiro atoms. The Bertz CT molecular complexity index is 315. The van der Waals surface area contributed by atoms with Crippen molar-refractivity contribution in [3.05, 3.63) is 12.2 Å². The van der Waals surface area contributed by atoms with Gasteiger partial charge in [-0.05, 0) is 58.3 Å². The minimum absolute atomic E-state index is 0.0130. The van der Waals surface area contributed by atoms with Gasteiger partial charge in [-0.25, -0.2) is 0 Å². The first-order valence-corrected chi connectivity index (χ1v) is 6.30. The molecule has 0 amide bonds. The van der Waals surface area contributed by atoms with Gasteiger partial charge in [0, 0.05) is 0 Å². The number of fused-ring (bicyclic) bond motifs is 2. The summed E-state index contributed by atoms with van der Waals surface area (Å²) in [5.74, 6) is 1.74. The first kappa shape index (κ1) is 11.7. The first-order chi connectivity index (χ1) is 7.41. The zero-order valence-corrected chi connectivity index (χ0v) is 10.7. The second-order valence-corrected chi connectivity index (χ2v) is 6.06. The Morgan fingerprint density at radius 1 is 1.31 bits per heavy atom. The van der Waals surface area contributed by atoms with Crippen molar-refractivity contribution in [2.24, 2.45) is 23.2 Å². The van der Waals surface area contributed by atoms with Gasteiger partial charge in [-0.1, -0.05) is 12.2 Å². The minimum Gasteiger partial charge on any atom is -0.463 e. The highest BCUT2D eigenvalue weighted by Gasteiger charge is 2.48. The van der Waals surface area contributed by atoms with E-state index in [0.29, 0.717) is 17.8 Å². The molecule has 90 valence electrons. The van der Waals surface area contributed by atoms with E-state index in [1.165, 1.54) is 6.42 Å². The zero-order chi connectivity index (χ0) is 11.9. The fourth-order valence-corrected chi connectivity index (χ4v) is 3.13. The molecule has 2 rings (SSSR count). The fraction of sp³-hybridized carbons (Fsp3) is 0.786. The molecule has 1 fully saturated rings. The normalized spacial score (nSPS) is 32.4. The van der Waals surface area contributed by atoms with Crippen LogP contribution >= 0.6 is 0 Å². The van der Waals surface area contributed by atoms with Crippen LogP contribution in [0.2, 0.25) is 0 Å². The predicted molar refractivity (Wildman–Crippen MR) is 63.9 cm³/mol. The Balaban J connectivity index is 2.07. The molecule has 0 N–H and O–H groups in total. The summed E-state index contributed by atoms with van der Waals surface area (Å²) in [6.45, 7) is 7.90. The first-order valence-electron chi connectivity index (χ1n) is 6.30. The van der Waals surface area contributed by atoms with E-state index in [1.807, 2.05) is 27.7 Å². The fourth-order valence-electron chi connectivity index (χ4n) is 3.13. The molecule has 2 heteroatoms. The summed E-state index contributed by atoms with van der Waals surface area (Å²) in [6.07, 6.45) is 6.99. The highest BCUT2D eigenvalue weighted by Crippen LogP contribution is 2.51. The van der Waals surface area contributed by atoms with Crippen LogP contribution in [0, 0.1) is 23.2 Å². The second-order valence-electron chi connectivity index (χ2n) is 6.06. The van der Waals surface area contributed by atoms with Crippen molar-refractivity contribution >= 4 is 5.97 Å². The molecule has 0 radical (unpaired) electrons. The quantitative estimate of drug-likeness (QED) is 0.541. The molecule has 2 bridgehead atoms. The van der Waals surface area contributed by atoms with Gasteiger partial charge < -0.3 is 4.74 Å². The number of carbonyl (C=O) groups excluding carboxylic acids is 1. The maximum Gasteiger partial charge on any atom is 0.312 e. The molecular formula is C14H22O2. The second kappa shape index (κ2) is 3.90. The summed E-state index contributed by atoms with van der Waals surface area (Å²) < 4.78 is 5.37. The van der Waals surface area contributed by atoms with Crippen molar-refractivity contribution < 1.29 is 9.53 Å². The molecular weight excluding hydrogens is 200 g/mol. The number of ether oxygens (including phenoxy) is 1. The standard InChI is InChI=1S/C14H22O2/c1-9(2)16-13(15)14(3,4)12-8-10-5-6-11(12)7-10/h5-6,9-12H,7-8H2,1-4H3. The van der Waals surface area contributed by atoms with Crippen LogP contribution in [0.3, 0.4) is 0 Å². The molecule has 0 saturated heterocycles. The topological polar surface area (TPSA) is 26.3 Å². The Morgan fingerprint density at radius 2 is 2.00 bits per heavy atom. The number of carbonyl (C=O) groups is 1. The number of hydrogen-bond acceptors (Lipinski definition) is 2. The van der Waals surface area contributed by atoms with Crippen molar-refractivity contribution in [3.8, 4) is 0 Å². The van der Waals surface area contributed by atoms with E-state index >= 15 is 0 Å². The molecule has 2 nitrogen and oxygen atoms in total. The SMILES string of the molecule is CC(C)OC(=O)C(C)(C)C1CC2C=CC1C2. The summed E-state index contributed by atoms with van der Waals surface area (Å²) in [4.78, 5) is 12.1. The van der Waals surface area contributed by atoms with Gasteiger partial charge in [0.05, 0.1) is 11.5 Å².